The Balaban J connectivity index is 1.75. The number of benzene rings is 2. The van der Waals surface area contributed by atoms with Crippen LogP contribution in [0.15, 0.2) is 48.5 Å². The van der Waals surface area contributed by atoms with E-state index < -0.39 is 17.2 Å². The molecule has 0 radical (unpaired) electrons. The highest BCUT2D eigenvalue weighted by Crippen LogP contribution is 2.43. The first-order valence-electron chi connectivity index (χ1n) is 9.36. The summed E-state index contributed by atoms with van der Waals surface area (Å²) < 4.78 is 33.2. The maximum Gasteiger partial charge on any atom is 0.159 e. The number of hydrogen-bond donors (Lipinski definition) is 1. The van der Waals surface area contributed by atoms with Gasteiger partial charge in [-0.05, 0) is 56.6 Å². The summed E-state index contributed by atoms with van der Waals surface area (Å²) >= 11 is 0. The van der Waals surface area contributed by atoms with Gasteiger partial charge >= 0.3 is 0 Å². The highest BCUT2D eigenvalue weighted by Gasteiger charge is 2.44. The van der Waals surface area contributed by atoms with Crippen LogP contribution in [0.5, 0.6) is 0 Å². The minimum Gasteiger partial charge on any atom is -0.385 e. The van der Waals surface area contributed by atoms with Crippen LogP contribution >= 0.6 is 0 Å². The molecule has 1 N–H and O–H groups in total. The van der Waals surface area contributed by atoms with Gasteiger partial charge in [0.05, 0.1) is 18.3 Å². The summed E-state index contributed by atoms with van der Waals surface area (Å²) in [4.78, 5) is 2.01. The Morgan fingerprint density at radius 1 is 1.11 bits per heavy atom. The van der Waals surface area contributed by atoms with Crippen LogP contribution in [0, 0.1) is 17.6 Å². The van der Waals surface area contributed by atoms with Crippen molar-refractivity contribution in [2.24, 2.45) is 5.92 Å². The second-order valence-electron chi connectivity index (χ2n) is 7.71. The van der Waals surface area contributed by atoms with Crippen LogP contribution in [0.2, 0.25) is 0 Å². The molecule has 0 bridgehead atoms. The van der Waals surface area contributed by atoms with Crippen molar-refractivity contribution in [3.8, 4) is 0 Å². The van der Waals surface area contributed by atoms with E-state index in [1.807, 2.05) is 49.3 Å². The molecule has 27 heavy (non-hydrogen) atoms. The summed E-state index contributed by atoms with van der Waals surface area (Å²) in [7, 11) is 3.89. The molecule has 5 heteroatoms. The lowest BCUT2D eigenvalue weighted by Crippen LogP contribution is -2.46. The zero-order chi connectivity index (χ0) is 19.4. The molecule has 1 aliphatic carbocycles. The third kappa shape index (κ3) is 4.72. The van der Waals surface area contributed by atoms with Gasteiger partial charge in [-0.3, -0.25) is 0 Å². The predicted molar refractivity (Wildman–Crippen MR) is 101 cm³/mol. The molecule has 0 aromatic heterocycles. The number of ether oxygens (including phenoxy) is 1. The van der Waals surface area contributed by atoms with E-state index in [1.165, 1.54) is 6.07 Å². The zero-order valence-electron chi connectivity index (χ0n) is 15.9. The molecule has 0 spiro atoms. The monoisotopic (exact) mass is 375 g/mol. The fourth-order valence-electron chi connectivity index (χ4n) is 3.97. The molecule has 0 amide bonds. The second kappa shape index (κ2) is 8.46. The Morgan fingerprint density at radius 2 is 1.85 bits per heavy atom. The first-order chi connectivity index (χ1) is 12.9. The van der Waals surface area contributed by atoms with Crippen LogP contribution in [0.1, 0.15) is 30.4 Å². The smallest absolute Gasteiger partial charge is 0.159 e. The van der Waals surface area contributed by atoms with Crippen LogP contribution in [0.4, 0.5) is 8.78 Å². The van der Waals surface area contributed by atoms with E-state index in [1.54, 1.807) is 0 Å². The van der Waals surface area contributed by atoms with Gasteiger partial charge in [0.15, 0.2) is 11.6 Å². The molecule has 1 aliphatic rings. The van der Waals surface area contributed by atoms with Crippen molar-refractivity contribution < 1.29 is 18.6 Å². The third-order valence-corrected chi connectivity index (χ3v) is 5.40. The lowest BCUT2D eigenvalue weighted by atomic mass is 9.70. The fraction of sp³-hybridized carbons (Fsp3) is 0.455. The SMILES string of the molecule is CN(C)CC1CC(OCc2ccccc2)CCC1(O)c1ccc(F)c(F)c1. The number of hydrogen-bond acceptors (Lipinski definition) is 3. The van der Waals surface area contributed by atoms with E-state index in [0.29, 0.717) is 38.0 Å². The predicted octanol–water partition coefficient (Wildman–Crippen LogP) is 4.10. The Labute approximate surface area is 159 Å². The lowest BCUT2D eigenvalue weighted by Gasteiger charge is -2.44. The Kier molecular flexibility index (Phi) is 6.25. The van der Waals surface area contributed by atoms with Gasteiger partial charge in [0.2, 0.25) is 0 Å². The third-order valence-electron chi connectivity index (χ3n) is 5.40. The Morgan fingerprint density at radius 3 is 2.52 bits per heavy atom. The van der Waals surface area contributed by atoms with E-state index >= 15 is 0 Å². The van der Waals surface area contributed by atoms with Crippen LogP contribution in [-0.4, -0.2) is 36.8 Å². The number of aliphatic hydroxyl groups is 1. The number of nitrogens with zero attached hydrogens (tertiary/aromatic N) is 1. The summed E-state index contributed by atoms with van der Waals surface area (Å²) in [6.45, 7) is 1.17. The minimum absolute atomic E-state index is 0.0285. The maximum atomic E-state index is 13.8. The fourth-order valence-corrected chi connectivity index (χ4v) is 3.97. The molecular weight excluding hydrogens is 348 g/mol. The molecule has 3 atom stereocenters. The standard InChI is InChI=1S/C22H27F2NO2/c1-25(2)14-18-12-19(27-15-16-6-4-3-5-7-16)10-11-22(18,26)17-8-9-20(23)21(24)13-17/h3-9,13,18-19,26H,10-12,14-15H2,1-2H3. The van der Waals surface area contributed by atoms with Gasteiger partial charge in [-0.15, -0.1) is 0 Å². The van der Waals surface area contributed by atoms with Gasteiger partial charge in [0, 0.05) is 12.5 Å². The van der Waals surface area contributed by atoms with Gasteiger partial charge in [0.1, 0.15) is 0 Å². The highest BCUT2D eigenvalue weighted by molar-refractivity contribution is 5.26. The molecule has 1 saturated carbocycles. The first-order valence-corrected chi connectivity index (χ1v) is 9.36. The van der Waals surface area contributed by atoms with Crippen molar-refractivity contribution in [3.05, 3.63) is 71.3 Å². The molecule has 3 rings (SSSR count). The van der Waals surface area contributed by atoms with E-state index in [-0.39, 0.29) is 12.0 Å². The van der Waals surface area contributed by atoms with Gasteiger partial charge < -0.3 is 14.7 Å². The van der Waals surface area contributed by atoms with E-state index in [9.17, 15) is 13.9 Å². The summed E-state index contributed by atoms with van der Waals surface area (Å²) in [5, 5.41) is 11.4. The van der Waals surface area contributed by atoms with Crippen LogP contribution in [0.25, 0.3) is 0 Å². The van der Waals surface area contributed by atoms with Crippen molar-refractivity contribution in [3.63, 3.8) is 0 Å². The normalized spacial score (nSPS) is 25.7. The van der Waals surface area contributed by atoms with Crippen LogP contribution in [0.3, 0.4) is 0 Å². The largest absolute Gasteiger partial charge is 0.385 e. The maximum absolute atomic E-state index is 13.8. The second-order valence-corrected chi connectivity index (χ2v) is 7.71. The minimum atomic E-state index is -1.19. The summed E-state index contributed by atoms with van der Waals surface area (Å²) in [5.41, 5.74) is 0.365. The van der Waals surface area contributed by atoms with Crippen LogP contribution < -0.4 is 0 Å². The average molecular weight is 375 g/mol. The molecule has 0 saturated heterocycles. The van der Waals surface area contributed by atoms with Crippen molar-refractivity contribution in [2.45, 2.75) is 37.6 Å². The molecule has 146 valence electrons. The summed E-state index contributed by atoms with van der Waals surface area (Å²) in [6, 6.07) is 13.7. The summed E-state index contributed by atoms with van der Waals surface area (Å²) in [6.07, 6.45) is 1.82. The summed E-state index contributed by atoms with van der Waals surface area (Å²) in [5.74, 6) is -1.95. The first kappa shape index (κ1) is 19.9. The molecule has 3 unspecified atom stereocenters. The molecule has 2 aromatic rings. The molecule has 2 aromatic carbocycles. The molecule has 3 nitrogen and oxygen atoms in total. The Bertz CT molecular complexity index is 753. The highest BCUT2D eigenvalue weighted by atomic mass is 19.2. The molecule has 0 aliphatic heterocycles. The van der Waals surface area contributed by atoms with Crippen molar-refractivity contribution in [2.75, 3.05) is 20.6 Å². The van der Waals surface area contributed by atoms with Gasteiger partial charge in [0.25, 0.3) is 0 Å². The molecular formula is C22H27F2NO2. The van der Waals surface area contributed by atoms with Crippen LogP contribution in [-0.2, 0) is 16.9 Å². The molecule has 1 fully saturated rings. The van der Waals surface area contributed by atoms with Crippen molar-refractivity contribution in [1.82, 2.24) is 4.90 Å². The quantitative estimate of drug-likeness (QED) is 0.825. The molecule has 0 heterocycles. The number of halogens is 2. The Hall–Kier alpha value is -1.82. The van der Waals surface area contributed by atoms with Gasteiger partial charge in [-0.1, -0.05) is 36.4 Å². The van der Waals surface area contributed by atoms with E-state index in [0.717, 1.165) is 17.7 Å². The number of rotatable bonds is 6. The van der Waals surface area contributed by atoms with Crippen molar-refractivity contribution in [1.29, 1.82) is 0 Å². The zero-order valence-corrected chi connectivity index (χ0v) is 15.9. The van der Waals surface area contributed by atoms with Crippen molar-refractivity contribution >= 4 is 0 Å². The topological polar surface area (TPSA) is 32.7 Å². The lowest BCUT2D eigenvalue weighted by molar-refractivity contribution is -0.110. The van der Waals surface area contributed by atoms with E-state index in [2.05, 4.69) is 0 Å². The van der Waals surface area contributed by atoms with Gasteiger partial charge in [-0.2, -0.15) is 0 Å². The van der Waals surface area contributed by atoms with E-state index in [4.69, 9.17) is 4.74 Å². The average Bonchev–Trinajstić information content (AvgIpc) is 2.65. The van der Waals surface area contributed by atoms with Gasteiger partial charge in [-0.25, -0.2) is 8.78 Å².